The molecule has 130 valence electrons. The molecule has 1 saturated heterocycles. The molecular weight excluding hydrogens is 323 g/mol. The number of hydrogen-bond donors (Lipinski definition) is 1. The number of hydrogen-bond acceptors (Lipinski definition) is 3. The van der Waals surface area contributed by atoms with Crippen LogP contribution in [-0.4, -0.2) is 25.5 Å². The number of nitrogens with zero attached hydrogens (tertiary/aromatic N) is 1. The first-order chi connectivity index (χ1) is 12.0. The van der Waals surface area contributed by atoms with Gasteiger partial charge in [0.05, 0.1) is 13.0 Å². The molecule has 0 bridgehead atoms. The lowest BCUT2D eigenvalue weighted by Crippen LogP contribution is -2.28. The Kier molecular flexibility index (Phi) is 4.70. The number of aryl methyl sites for hydroxylation is 1. The summed E-state index contributed by atoms with van der Waals surface area (Å²) in [6.07, 6.45) is 0.122. The van der Waals surface area contributed by atoms with E-state index >= 15 is 0 Å². The van der Waals surface area contributed by atoms with Crippen molar-refractivity contribution in [2.75, 3.05) is 23.9 Å². The highest BCUT2D eigenvalue weighted by molar-refractivity contribution is 6.03. The highest BCUT2D eigenvalue weighted by Gasteiger charge is 2.35. The zero-order valence-corrected chi connectivity index (χ0v) is 14.1. The summed E-state index contributed by atoms with van der Waals surface area (Å²) in [5, 5.41) is 2.73. The minimum atomic E-state index is -0.485. The molecule has 1 N–H and O–H groups in total. The summed E-state index contributed by atoms with van der Waals surface area (Å²) < 4.78 is 18.5. The molecule has 2 amide bonds. The second-order valence-corrected chi connectivity index (χ2v) is 6.06. The van der Waals surface area contributed by atoms with Crippen molar-refractivity contribution in [2.24, 2.45) is 5.92 Å². The fourth-order valence-corrected chi connectivity index (χ4v) is 2.87. The van der Waals surface area contributed by atoms with E-state index in [1.807, 2.05) is 0 Å². The van der Waals surface area contributed by atoms with Crippen LogP contribution in [0.25, 0.3) is 0 Å². The van der Waals surface area contributed by atoms with Gasteiger partial charge >= 0.3 is 0 Å². The minimum absolute atomic E-state index is 0.121. The van der Waals surface area contributed by atoms with E-state index in [4.69, 9.17) is 4.74 Å². The fraction of sp³-hybridized carbons (Fsp3) is 0.263. The number of carbonyl (C=O) groups is 2. The van der Waals surface area contributed by atoms with Crippen LogP contribution >= 0.6 is 0 Å². The molecule has 25 heavy (non-hydrogen) atoms. The number of ether oxygens (including phenoxy) is 1. The molecular formula is C19H19FN2O3. The number of halogens is 1. The quantitative estimate of drug-likeness (QED) is 0.929. The first-order valence-corrected chi connectivity index (χ1v) is 7.99. The molecule has 5 nitrogen and oxygen atoms in total. The molecule has 3 rings (SSSR count). The third kappa shape index (κ3) is 3.63. The highest BCUT2D eigenvalue weighted by atomic mass is 19.1. The van der Waals surface area contributed by atoms with Gasteiger partial charge in [-0.3, -0.25) is 9.59 Å². The lowest BCUT2D eigenvalue weighted by Gasteiger charge is -2.17. The van der Waals surface area contributed by atoms with Gasteiger partial charge in [-0.15, -0.1) is 0 Å². The van der Waals surface area contributed by atoms with E-state index < -0.39 is 11.7 Å². The maximum atomic E-state index is 13.4. The van der Waals surface area contributed by atoms with Crippen molar-refractivity contribution >= 4 is 23.2 Å². The van der Waals surface area contributed by atoms with Gasteiger partial charge in [0.2, 0.25) is 11.8 Å². The van der Waals surface area contributed by atoms with Gasteiger partial charge in [0.25, 0.3) is 0 Å². The summed E-state index contributed by atoms with van der Waals surface area (Å²) >= 11 is 0. The van der Waals surface area contributed by atoms with Gasteiger partial charge in [0, 0.05) is 30.4 Å². The Morgan fingerprint density at radius 3 is 2.84 bits per heavy atom. The van der Waals surface area contributed by atoms with E-state index in [-0.39, 0.29) is 24.8 Å². The maximum Gasteiger partial charge on any atom is 0.229 e. The largest absolute Gasteiger partial charge is 0.497 e. The Morgan fingerprint density at radius 1 is 1.28 bits per heavy atom. The Labute approximate surface area is 145 Å². The summed E-state index contributed by atoms with van der Waals surface area (Å²) in [5.74, 6) is -0.659. The number of amides is 2. The molecule has 1 heterocycles. The summed E-state index contributed by atoms with van der Waals surface area (Å²) in [6.45, 7) is 2.07. The van der Waals surface area contributed by atoms with Gasteiger partial charge in [-0.05, 0) is 36.8 Å². The van der Waals surface area contributed by atoms with E-state index in [0.29, 0.717) is 17.1 Å². The van der Waals surface area contributed by atoms with Gasteiger partial charge in [-0.1, -0.05) is 12.1 Å². The van der Waals surface area contributed by atoms with Gasteiger partial charge < -0.3 is 15.0 Å². The normalized spacial score (nSPS) is 16.8. The average molecular weight is 342 g/mol. The Morgan fingerprint density at radius 2 is 2.08 bits per heavy atom. The number of nitrogens with one attached hydrogen (secondary N) is 1. The number of benzene rings is 2. The van der Waals surface area contributed by atoms with Crippen LogP contribution in [0.3, 0.4) is 0 Å². The predicted molar refractivity (Wildman–Crippen MR) is 93.2 cm³/mol. The van der Waals surface area contributed by atoms with Gasteiger partial charge in [0.1, 0.15) is 11.6 Å². The predicted octanol–water partition coefficient (Wildman–Crippen LogP) is 3.13. The lowest BCUT2D eigenvalue weighted by molar-refractivity contribution is -0.122. The third-order valence-electron chi connectivity index (χ3n) is 4.32. The molecule has 0 unspecified atom stereocenters. The van der Waals surface area contributed by atoms with E-state index in [9.17, 15) is 14.0 Å². The minimum Gasteiger partial charge on any atom is -0.497 e. The van der Waals surface area contributed by atoms with Crippen LogP contribution in [0.15, 0.2) is 42.5 Å². The van der Waals surface area contributed by atoms with Crippen LogP contribution in [0.5, 0.6) is 5.75 Å². The molecule has 1 aliphatic heterocycles. The Hall–Kier alpha value is -2.89. The summed E-state index contributed by atoms with van der Waals surface area (Å²) in [5.41, 5.74) is 1.89. The summed E-state index contributed by atoms with van der Waals surface area (Å²) in [4.78, 5) is 26.4. The Bertz CT molecular complexity index is 822. The SMILES string of the molecule is COc1cccc(N2C[C@@H](C(=O)Nc3cc(F)ccc3C)CC2=O)c1. The molecule has 1 fully saturated rings. The van der Waals surface area contributed by atoms with Gasteiger partial charge in [0.15, 0.2) is 0 Å². The topological polar surface area (TPSA) is 58.6 Å². The molecule has 1 aliphatic rings. The number of methoxy groups -OCH3 is 1. The first-order valence-electron chi connectivity index (χ1n) is 7.99. The smallest absolute Gasteiger partial charge is 0.229 e. The van der Waals surface area contributed by atoms with Crippen LogP contribution in [0.2, 0.25) is 0 Å². The average Bonchev–Trinajstić information content (AvgIpc) is 3.00. The Balaban J connectivity index is 1.73. The second kappa shape index (κ2) is 6.93. The third-order valence-corrected chi connectivity index (χ3v) is 4.32. The van der Waals surface area contributed by atoms with Crippen molar-refractivity contribution in [1.29, 1.82) is 0 Å². The number of carbonyl (C=O) groups excluding carboxylic acids is 2. The van der Waals surface area contributed by atoms with E-state index in [0.717, 1.165) is 5.56 Å². The molecule has 0 aromatic heterocycles. The number of anilines is 2. The van der Waals surface area contributed by atoms with Crippen LogP contribution in [0.4, 0.5) is 15.8 Å². The zero-order valence-electron chi connectivity index (χ0n) is 14.1. The van der Waals surface area contributed by atoms with E-state index in [1.165, 1.54) is 12.1 Å². The van der Waals surface area contributed by atoms with Crippen LogP contribution in [0, 0.1) is 18.7 Å². The van der Waals surface area contributed by atoms with Crippen molar-refractivity contribution in [3.63, 3.8) is 0 Å². The lowest BCUT2D eigenvalue weighted by atomic mass is 10.1. The van der Waals surface area contributed by atoms with Crippen molar-refractivity contribution in [2.45, 2.75) is 13.3 Å². The second-order valence-electron chi connectivity index (χ2n) is 6.06. The van der Waals surface area contributed by atoms with Crippen molar-refractivity contribution in [3.05, 3.63) is 53.8 Å². The van der Waals surface area contributed by atoms with E-state index in [2.05, 4.69) is 5.32 Å². The molecule has 1 atom stereocenters. The molecule has 6 heteroatoms. The molecule has 2 aromatic rings. The maximum absolute atomic E-state index is 13.4. The zero-order chi connectivity index (χ0) is 18.0. The summed E-state index contributed by atoms with van der Waals surface area (Å²) in [6, 6.07) is 11.4. The van der Waals surface area contributed by atoms with Crippen molar-refractivity contribution in [3.8, 4) is 5.75 Å². The highest BCUT2D eigenvalue weighted by Crippen LogP contribution is 2.29. The molecule has 0 saturated carbocycles. The molecule has 0 radical (unpaired) electrons. The molecule has 2 aromatic carbocycles. The van der Waals surface area contributed by atoms with Gasteiger partial charge in [-0.2, -0.15) is 0 Å². The molecule has 0 aliphatic carbocycles. The molecule has 0 spiro atoms. The van der Waals surface area contributed by atoms with Crippen LogP contribution in [0.1, 0.15) is 12.0 Å². The number of rotatable bonds is 4. The van der Waals surface area contributed by atoms with Crippen LogP contribution < -0.4 is 15.0 Å². The first kappa shape index (κ1) is 17.0. The fourth-order valence-electron chi connectivity index (χ4n) is 2.87. The van der Waals surface area contributed by atoms with Crippen molar-refractivity contribution in [1.82, 2.24) is 0 Å². The monoisotopic (exact) mass is 342 g/mol. The standard InChI is InChI=1S/C19H19FN2O3/c1-12-6-7-14(20)9-17(12)21-19(24)13-8-18(23)22(11-13)15-4-3-5-16(10-15)25-2/h3-7,9-10,13H,8,11H2,1-2H3,(H,21,24)/t13-/m0/s1. The van der Waals surface area contributed by atoms with Gasteiger partial charge in [-0.25, -0.2) is 4.39 Å². The summed E-state index contributed by atoms with van der Waals surface area (Å²) in [7, 11) is 1.56. The van der Waals surface area contributed by atoms with Crippen molar-refractivity contribution < 1.29 is 18.7 Å². The van der Waals surface area contributed by atoms with E-state index in [1.54, 1.807) is 49.3 Å². The van der Waals surface area contributed by atoms with Crippen LogP contribution in [-0.2, 0) is 9.59 Å².